The zero-order valence-corrected chi connectivity index (χ0v) is 10.0. The molecule has 0 atom stereocenters. The maximum absolute atomic E-state index is 11.2. The predicted molar refractivity (Wildman–Crippen MR) is 55.2 cm³/mol. The lowest BCUT2D eigenvalue weighted by molar-refractivity contribution is -0.288. The van der Waals surface area contributed by atoms with Gasteiger partial charge >= 0.3 is 5.97 Å². The van der Waals surface area contributed by atoms with Crippen molar-refractivity contribution in [2.75, 3.05) is 6.61 Å². The first-order valence-corrected chi connectivity index (χ1v) is 4.91. The van der Waals surface area contributed by atoms with E-state index in [1.165, 1.54) is 13.8 Å². The van der Waals surface area contributed by atoms with Crippen molar-refractivity contribution in [2.24, 2.45) is 10.8 Å². The third kappa shape index (κ3) is 3.15. The van der Waals surface area contributed by atoms with Gasteiger partial charge in [0.2, 0.25) is 0 Å². The first-order chi connectivity index (χ1) is 7.00. The number of carbonyl (C=O) groups excluding carboxylic acids is 1. The van der Waals surface area contributed by atoms with Gasteiger partial charge in [0.25, 0.3) is 0 Å². The summed E-state index contributed by atoms with van der Waals surface area (Å²) in [6, 6.07) is 0. The molecule has 0 saturated carbocycles. The third-order valence-electron chi connectivity index (χ3n) is 2.75. The van der Waals surface area contributed by atoms with Gasteiger partial charge in [-0.1, -0.05) is 13.8 Å². The molecular formula is C10H20O6. The Labute approximate surface area is 94.4 Å². The molecule has 0 aliphatic carbocycles. The number of hydrogen-bond acceptors (Lipinski definition) is 6. The first-order valence-electron chi connectivity index (χ1n) is 4.91. The summed E-state index contributed by atoms with van der Waals surface area (Å²) in [7, 11) is 0. The van der Waals surface area contributed by atoms with Crippen LogP contribution in [0.15, 0.2) is 0 Å². The molecule has 0 aromatic carbocycles. The average molecular weight is 236 g/mol. The summed E-state index contributed by atoms with van der Waals surface area (Å²) in [4.78, 5) is 14.7. The second-order valence-corrected chi connectivity index (χ2v) is 5.32. The van der Waals surface area contributed by atoms with Gasteiger partial charge in [-0.25, -0.2) is 4.79 Å². The fourth-order valence-corrected chi connectivity index (χ4v) is 1.22. The van der Waals surface area contributed by atoms with E-state index in [0.29, 0.717) is 0 Å². The summed E-state index contributed by atoms with van der Waals surface area (Å²) in [5.41, 5.74) is -2.47. The van der Waals surface area contributed by atoms with Gasteiger partial charge in [-0.3, -0.25) is 0 Å². The standard InChI is InChI=1S/C10H20O6/c1-8(2,6-11)5-10(13,14)9(3,4)7(12)16-15/h11,13-15H,5-6H2,1-4H3. The van der Waals surface area contributed by atoms with E-state index in [2.05, 4.69) is 4.89 Å². The highest BCUT2D eigenvalue weighted by molar-refractivity contribution is 5.76. The van der Waals surface area contributed by atoms with Crippen molar-refractivity contribution in [2.45, 2.75) is 39.9 Å². The van der Waals surface area contributed by atoms with Gasteiger partial charge in [0.1, 0.15) is 5.41 Å². The molecule has 0 saturated heterocycles. The Morgan fingerprint density at radius 2 is 1.62 bits per heavy atom. The van der Waals surface area contributed by atoms with E-state index < -0.39 is 22.6 Å². The lowest BCUT2D eigenvalue weighted by atomic mass is 9.74. The van der Waals surface area contributed by atoms with Gasteiger partial charge in [0, 0.05) is 13.0 Å². The molecule has 0 aromatic rings. The summed E-state index contributed by atoms with van der Waals surface area (Å²) in [6.07, 6.45) is -0.238. The maximum Gasteiger partial charge on any atom is 0.352 e. The highest BCUT2D eigenvalue weighted by Gasteiger charge is 2.51. The van der Waals surface area contributed by atoms with Crippen LogP contribution in [-0.4, -0.2) is 38.9 Å². The van der Waals surface area contributed by atoms with Gasteiger partial charge in [-0.15, -0.1) is 0 Å². The molecule has 0 spiro atoms. The minimum Gasteiger partial charge on any atom is -0.396 e. The average Bonchev–Trinajstić information content (AvgIpc) is 2.14. The van der Waals surface area contributed by atoms with Crippen LogP contribution in [0.4, 0.5) is 0 Å². The van der Waals surface area contributed by atoms with Crippen molar-refractivity contribution in [1.29, 1.82) is 0 Å². The Bertz CT molecular complexity index is 256. The number of rotatable bonds is 5. The van der Waals surface area contributed by atoms with Crippen molar-refractivity contribution in [1.82, 2.24) is 0 Å². The van der Waals surface area contributed by atoms with Crippen LogP contribution >= 0.6 is 0 Å². The lowest BCUT2D eigenvalue weighted by Gasteiger charge is -2.39. The Morgan fingerprint density at radius 1 is 1.19 bits per heavy atom. The van der Waals surface area contributed by atoms with Crippen LogP contribution in [0.2, 0.25) is 0 Å². The van der Waals surface area contributed by atoms with Crippen LogP contribution in [0.25, 0.3) is 0 Å². The van der Waals surface area contributed by atoms with E-state index in [4.69, 9.17) is 10.4 Å². The first kappa shape index (κ1) is 15.3. The molecule has 0 bridgehead atoms. The Morgan fingerprint density at radius 3 is 1.94 bits per heavy atom. The Hall–Kier alpha value is -0.690. The van der Waals surface area contributed by atoms with E-state index in [0.717, 1.165) is 0 Å². The molecule has 6 heteroatoms. The van der Waals surface area contributed by atoms with E-state index in [1.54, 1.807) is 13.8 Å². The molecular weight excluding hydrogens is 216 g/mol. The maximum atomic E-state index is 11.2. The highest BCUT2D eigenvalue weighted by Crippen LogP contribution is 2.38. The molecule has 0 aromatic heterocycles. The lowest BCUT2D eigenvalue weighted by Crippen LogP contribution is -2.52. The van der Waals surface area contributed by atoms with Gasteiger partial charge in [-0.2, -0.15) is 5.26 Å². The minimum atomic E-state index is -2.39. The largest absolute Gasteiger partial charge is 0.396 e. The number of hydrogen-bond donors (Lipinski definition) is 4. The number of aliphatic hydroxyl groups is 3. The molecule has 96 valence electrons. The summed E-state index contributed by atoms with van der Waals surface area (Å²) >= 11 is 0. The van der Waals surface area contributed by atoms with Crippen LogP contribution in [0.1, 0.15) is 34.1 Å². The molecule has 0 heterocycles. The molecule has 0 rings (SSSR count). The topological polar surface area (TPSA) is 107 Å². The summed E-state index contributed by atoms with van der Waals surface area (Å²) in [6.45, 7) is 5.45. The number of carbonyl (C=O) groups is 1. The van der Waals surface area contributed by atoms with Crippen molar-refractivity contribution in [3.05, 3.63) is 0 Å². The molecule has 6 nitrogen and oxygen atoms in total. The van der Waals surface area contributed by atoms with Crippen molar-refractivity contribution < 1.29 is 30.3 Å². The van der Waals surface area contributed by atoms with Crippen LogP contribution in [0, 0.1) is 10.8 Å². The second-order valence-electron chi connectivity index (χ2n) is 5.32. The minimum absolute atomic E-state index is 0.238. The predicted octanol–water partition coefficient (Wildman–Crippen LogP) is 0.118. The Balaban J connectivity index is 4.98. The van der Waals surface area contributed by atoms with E-state index >= 15 is 0 Å². The molecule has 0 amide bonds. The summed E-state index contributed by atoms with van der Waals surface area (Å²) in [5, 5.41) is 37.0. The molecule has 0 aliphatic heterocycles. The van der Waals surface area contributed by atoms with Gasteiger partial charge in [-0.05, 0) is 19.3 Å². The van der Waals surface area contributed by atoms with Gasteiger partial charge in [0.15, 0.2) is 5.79 Å². The highest BCUT2D eigenvalue weighted by atomic mass is 17.1. The molecule has 0 radical (unpaired) electrons. The van der Waals surface area contributed by atoms with Crippen molar-refractivity contribution >= 4 is 5.97 Å². The van der Waals surface area contributed by atoms with Crippen molar-refractivity contribution in [3.8, 4) is 0 Å². The molecule has 0 unspecified atom stereocenters. The van der Waals surface area contributed by atoms with Crippen LogP contribution < -0.4 is 0 Å². The van der Waals surface area contributed by atoms with Crippen LogP contribution in [-0.2, 0) is 9.68 Å². The van der Waals surface area contributed by atoms with Crippen molar-refractivity contribution in [3.63, 3.8) is 0 Å². The summed E-state index contributed by atoms with van der Waals surface area (Å²) in [5.74, 6) is -3.54. The van der Waals surface area contributed by atoms with E-state index in [9.17, 15) is 15.0 Å². The summed E-state index contributed by atoms with van der Waals surface area (Å²) < 4.78 is 0. The zero-order chi connectivity index (χ0) is 13.2. The Kier molecular flexibility index (Phi) is 4.46. The molecule has 16 heavy (non-hydrogen) atoms. The quantitative estimate of drug-likeness (QED) is 0.307. The van der Waals surface area contributed by atoms with Gasteiger partial charge < -0.3 is 20.2 Å². The zero-order valence-electron chi connectivity index (χ0n) is 10.0. The smallest absolute Gasteiger partial charge is 0.352 e. The third-order valence-corrected chi connectivity index (χ3v) is 2.75. The SMILES string of the molecule is CC(C)(CO)CC(O)(O)C(C)(C)C(=O)OO. The van der Waals surface area contributed by atoms with E-state index in [-0.39, 0.29) is 13.0 Å². The monoisotopic (exact) mass is 236 g/mol. The number of aliphatic hydroxyl groups excluding tert-OH is 1. The molecule has 4 N–H and O–H groups in total. The van der Waals surface area contributed by atoms with Crippen LogP contribution in [0.5, 0.6) is 0 Å². The second kappa shape index (κ2) is 4.67. The molecule has 0 fully saturated rings. The fraction of sp³-hybridized carbons (Fsp3) is 0.900. The molecule has 0 aliphatic rings. The van der Waals surface area contributed by atoms with E-state index in [1.807, 2.05) is 0 Å². The normalized spacial score (nSPS) is 13.8. The van der Waals surface area contributed by atoms with Crippen LogP contribution in [0.3, 0.4) is 0 Å². The van der Waals surface area contributed by atoms with Gasteiger partial charge in [0.05, 0.1) is 0 Å². The fourth-order valence-electron chi connectivity index (χ4n) is 1.22.